The number of unbranched alkanes of at least 4 members (excludes halogenated alkanes) is 22. The molecule has 0 aliphatic heterocycles. The van der Waals surface area contributed by atoms with Gasteiger partial charge in [-0.1, -0.05) is 265 Å². The highest BCUT2D eigenvalue weighted by molar-refractivity contribution is 7.47. The summed E-state index contributed by atoms with van der Waals surface area (Å²) in [5.74, 6) is -2.37. The van der Waals surface area contributed by atoms with Crippen LogP contribution in [0.15, 0.2) is 109 Å². The van der Waals surface area contributed by atoms with Crippen molar-refractivity contribution < 1.29 is 80.2 Å². The van der Waals surface area contributed by atoms with E-state index in [9.17, 15) is 43.2 Å². The molecule has 0 bridgehead atoms. The Hall–Kier alpha value is -4.28. The highest BCUT2D eigenvalue weighted by Gasteiger charge is 2.30. The van der Waals surface area contributed by atoms with Gasteiger partial charge < -0.3 is 33.8 Å². The number of rotatable bonds is 65. The van der Waals surface area contributed by atoms with Crippen molar-refractivity contribution in [2.45, 2.75) is 290 Å². The van der Waals surface area contributed by atoms with Crippen molar-refractivity contribution in [3.63, 3.8) is 0 Å². The van der Waals surface area contributed by atoms with Gasteiger partial charge in [-0.25, -0.2) is 9.13 Å². The molecule has 17 nitrogen and oxygen atoms in total. The van der Waals surface area contributed by atoms with E-state index in [0.717, 1.165) is 103 Å². The summed E-state index contributed by atoms with van der Waals surface area (Å²) in [5.41, 5.74) is 0. The third-order valence-corrected chi connectivity index (χ3v) is 16.2. The number of phosphoric ester groups is 2. The molecule has 0 aromatic heterocycles. The fourth-order valence-corrected chi connectivity index (χ4v) is 10.6. The van der Waals surface area contributed by atoms with Gasteiger partial charge in [0.05, 0.1) is 32.8 Å². The van der Waals surface area contributed by atoms with Gasteiger partial charge in [0.25, 0.3) is 0 Å². The van der Waals surface area contributed by atoms with Gasteiger partial charge in [0.15, 0.2) is 12.2 Å². The molecule has 0 rings (SSSR count). The van der Waals surface area contributed by atoms with Crippen LogP contribution in [0.1, 0.15) is 272 Å². The fourth-order valence-electron chi connectivity index (χ4n) is 8.99. The zero-order valence-corrected chi connectivity index (χ0v) is 59.0. The molecule has 0 saturated heterocycles. The summed E-state index contributed by atoms with van der Waals surface area (Å²) >= 11 is 0. The van der Waals surface area contributed by atoms with Crippen molar-refractivity contribution in [3.8, 4) is 0 Å². The average molecular weight is 1340 g/mol. The topological polar surface area (TPSA) is 237 Å². The SMILES string of the molecule is CC/C=C\C/C=C\C/C=C\C/C=C\C/C=C\CC(=O)OCC(COP(=O)(O)OCC(O)COP(=O)(O)OCC(COC(=O)CCCCCCCCCCCCC)OC(=O)CCCCCCCCCCCCC)OC(=O)CCCC/C=C\C/C=C\C/C=C\C/C=C\CC. The summed E-state index contributed by atoms with van der Waals surface area (Å²) in [4.78, 5) is 72.4. The van der Waals surface area contributed by atoms with Crippen molar-refractivity contribution >= 4 is 39.5 Å². The number of hydrogen-bond donors (Lipinski definition) is 3. The number of phosphoric acid groups is 2. The van der Waals surface area contributed by atoms with Crippen LogP contribution in [-0.4, -0.2) is 96.7 Å². The molecule has 5 atom stereocenters. The maximum atomic E-state index is 13.0. The van der Waals surface area contributed by atoms with E-state index >= 15 is 0 Å². The maximum absolute atomic E-state index is 13.0. The molecule has 0 fully saturated rings. The first-order valence-electron chi connectivity index (χ1n) is 35.1. The van der Waals surface area contributed by atoms with Crippen LogP contribution in [0.4, 0.5) is 0 Å². The molecular formula is C73H124O17P2. The molecular weight excluding hydrogens is 1210 g/mol. The lowest BCUT2D eigenvalue weighted by Crippen LogP contribution is -2.30. The van der Waals surface area contributed by atoms with Gasteiger partial charge in [-0.2, -0.15) is 0 Å². The first-order chi connectivity index (χ1) is 44.7. The van der Waals surface area contributed by atoms with E-state index in [-0.39, 0.29) is 25.7 Å². The fraction of sp³-hybridized carbons (Fsp3) is 0.699. The molecule has 0 aliphatic carbocycles. The third-order valence-electron chi connectivity index (χ3n) is 14.3. The second-order valence-electron chi connectivity index (χ2n) is 23.1. The van der Waals surface area contributed by atoms with Gasteiger partial charge in [0.2, 0.25) is 0 Å². The number of carbonyl (C=O) groups is 4. The molecule has 0 amide bonds. The highest BCUT2D eigenvalue weighted by Crippen LogP contribution is 2.45. The van der Waals surface area contributed by atoms with Crippen molar-refractivity contribution in [1.29, 1.82) is 0 Å². The predicted molar refractivity (Wildman–Crippen MR) is 372 cm³/mol. The van der Waals surface area contributed by atoms with Crippen LogP contribution < -0.4 is 0 Å². The molecule has 0 aromatic rings. The third kappa shape index (κ3) is 64.4. The molecule has 5 unspecified atom stereocenters. The van der Waals surface area contributed by atoms with E-state index in [4.69, 9.17) is 37.0 Å². The van der Waals surface area contributed by atoms with Gasteiger partial charge in [0.1, 0.15) is 19.3 Å². The number of carbonyl (C=O) groups excluding carboxylic acids is 4. The number of allylic oxidation sites excluding steroid dienone is 17. The Labute approximate surface area is 556 Å². The van der Waals surface area contributed by atoms with E-state index in [1.54, 1.807) is 6.08 Å². The molecule has 0 radical (unpaired) electrons. The zero-order valence-electron chi connectivity index (χ0n) is 57.2. The second-order valence-corrected chi connectivity index (χ2v) is 26.0. The lowest BCUT2D eigenvalue weighted by Gasteiger charge is -2.21. The minimum absolute atomic E-state index is 0.0220. The summed E-state index contributed by atoms with van der Waals surface area (Å²) in [5, 5.41) is 10.6. The Balaban J connectivity index is 5.43. The van der Waals surface area contributed by atoms with Gasteiger partial charge in [-0.3, -0.25) is 37.3 Å². The summed E-state index contributed by atoms with van der Waals surface area (Å²) in [6.45, 7) is 4.45. The quantitative estimate of drug-likeness (QED) is 0.0169. The summed E-state index contributed by atoms with van der Waals surface area (Å²) in [6, 6.07) is 0. The van der Waals surface area contributed by atoms with E-state index in [2.05, 4.69) is 107 Å². The van der Waals surface area contributed by atoms with Crippen molar-refractivity contribution in [2.24, 2.45) is 0 Å². The number of hydrogen-bond acceptors (Lipinski definition) is 15. The standard InChI is InChI=1S/C73H124O17P2/c1-5-9-13-17-21-25-29-31-33-35-39-42-46-50-54-58-71(76)84-64-69(90-73(78)60-56-52-48-44-40-36-34-32-30-26-22-18-14-10-6-2)66-88-92(81,82)86-62-67(74)61-85-91(79,80)87-65-68(89-72(77)59-55-51-47-43-38-28-24-20-16-12-8-4)63-83-70(75)57-53-49-45-41-37-27-23-19-15-11-7-3/h9-10,13-14,21-22,25-26,31-34,39-40,42,44,50,54,67-69,74H,5-8,11-12,15-20,23-24,27-30,35-38,41,43,45-49,51-53,55-66H2,1-4H3,(H,79,80)(H,81,82)/b13-9-,14-10-,25-21-,26-22-,33-31-,34-32-,42-39-,44-40-,54-50-. The van der Waals surface area contributed by atoms with E-state index in [1.807, 2.05) is 24.3 Å². The largest absolute Gasteiger partial charge is 0.472 e. The van der Waals surface area contributed by atoms with Crippen LogP contribution in [0.25, 0.3) is 0 Å². The normalized spacial score (nSPS) is 14.7. The van der Waals surface area contributed by atoms with Crippen molar-refractivity contribution in [1.82, 2.24) is 0 Å². The van der Waals surface area contributed by atoms with Crippen molar-refractivity contribution in [2.75, 3.05) is 39.6 Å². The highest BCUT2D eigenvalue weighted by atomic mass is 31.2. The van der Waals surface area contributed by atoms with E-state index < -0.39 is 97.5 Å². The average Bonchev–Trinajstić information content (AvgIpc) is 2.93. The Morgan fingerprint density at radius 2 is 0.609 bits per heavy atom. The Morgan fingerprint density at radius 1 is 0.326 bits per heavy atom. The van der Waals surface area contributed by atoms with Crippen LogP contribution in [0.2, 0.25) is 0 Å². The van der Waals surface area contributed by atoms with Gasteiger partial charge >= 0.3 is 39.5 Å². The molecule has 0 aliphatic rings. The second kappa shape index (κ2) is 65.4. The Kier molecular flexibility index (Phi) is 62.3. The minimum atomic E-state index is -5.00. The summed E-state index contributed by atoms with van der Waals surface area (Å²) in [6.07, 6.45) is 67.2. The molecule has 0 spiro atoms. The maximum Gasteiger partial charge on any atom is 0.472 e. The Bertz CT molecular complexity index is 2180. The van der Waals surface area contributed by atoms with Gasteiger partial charge in [-0.05, 0) is 89.9 Å². The molecule has 0 heterocycles. The minimum Gasteiger partial charge on any atom is -0.462 e. The van der Waals surface area contributed by atoms with Gasteiger partial charge in [0, 0.05) is 19.3 Å². The summed E-state index contributed by atoms with van der Waals surface area (Å²) in [7, 11) is -9.97. The lowest BCUT2D eigenvalue weighted by atomic mass is 10.1. The first-order valence-corrected chi connectivity index (χ1v) is 38.1. The van der Waals surface area contributed by atoms with Crippen LogP contribution in [0, 0.1) is 0 Å². The van der Waals surface area contributed by atoms with Crippen LogP contribution >= 0.6 is 15.6 Å². The van der Waals surface area contributed by atoms with Crippen LogP contribution in [0.3, 0.4) is 0 Å². The smallest absolute Gasteiger partial charge is 0.462 e. The lowest BCUT2D eigenvalue weighted by molar-refractivity contribution is -0.161. The molecule has 19 heteroatoms. The predicted octanol–water partition coefficient (Wildman–Crippen LogP) is 19.4. The van der Waals surface area contributed by atoms with E-state index in [1.165, 1.54) is 83.5 Å². The molecule has 528 valence electrons. The molecule has 0 aromatic carbocycles. The Morgan fingerprint density at radius 3 is 0.967 bits per heavy atom. The van der Waals surface area contributed by atoms with Crippen LogP contribution in [0.5, 0.6) is 0 Å². The van der Waals surface area contributed by atoms with E-state index in [0.29, 0.717) is 32.1 Å². The number of esters is 4. The monoisotopic (exact) mass is 1330 g/mol. The molecule has 92 heavy (non-hydrogen) atoms. The van der Waals surface area contributed by atoms with Crippen molar-refractivity contribution in [3.05, 3.63) is 109 Å². The first kappa shape index (κ1) is 87.7. The zero-order chi connectivity index (χ0) is 67.5. The molecule has 0 saturated carbocycles. The van der Waals surface area contributed by atoms with Gasteiger partial charge in [-0.15, -0.1) is 0 Å². The number of aliphatic hydroxyl groups is 1. The molecule has 3 N–H and O–H groups in total. The van der Waals surface area contributed by atoms with Crippen LogP contribution in [-0.2, 0) is 65.4 Å². The number of ether oxygens (including phenoxy) is 4. The number of aliphatic hydroxyl groups excluding tert-OH is 1. The summed E-state index contributed by atoms with van der Waals surface area (Å²) < 4.78 is 68.0.